The van der Waals surface area contributed by atoms with Crippen molar-refractivity contribution in [1.82, 2.24) is 0 Å². The van der Waals surface area contributed by atoms with Crippen molar-refractivity contribution in [2.45, 2.75) is 20.8 Å². The van der Waals surface area contributed by atoms with Crippen molar-refractivity contribution in [3.8, 4) is 0 Å². The third-order valence-electron chi connectivity index (χ3n) is 2.85. The van der Waals surface area contributed by atoms with Gasteiger partial charge in [0.25, 0.3) is 0 Å². The molecule has 0 saturated heterocycles. The average Bonchev–Trinajstić information content (AvgIpc) is 2.79. The summed E-state index contributed by atoms with van der Waals surface area (Å²) >= 11 is 3.43. The van der Waals surface area contributed by atoms with Crippen LogP contribution < -0.4 is 5.32 Å². The molecule has 0 radical (unpaired) electrons. The Kier molecular flexibility index (Phi) is 4.45. The summed E-state index contributed by atoms with van der Waals surface area (Å²) in [4.78, 5) is 12.0. The number of hydrogen-bond donors (Lipinski definition) is 1. The van der Waals surface area contributed by atoms with Gasteiger partial charge in [-0.1, -0.05) is 15.9 Å². The molecule has 0 aliphatic rings. The zero-order valence-electron chi connectivity index (χ0n) is 11.7. The third-order valence-corrected chi connectivity index (χ3v) is 3.34. The van der Waals surface area contributed by atoms with E-state index in [1.807, 2.05) is 39.0 Å². The first kappa shape index (κ1) is 14.6. The van der Waals surface area contributed by atoms with Gasteiger partial charge in [-0.3, -0.25) is 4.79 Å². The first-order valence-electron chi connectivity index (χ1n) is 6.28. The monoisotopic (exact) mass is 333 g/mol. The molecular formula is C16H16BrNO2. The fourth-order valence-corrected chi connectivity index (χ4v) is 2.33. The number of hydrogen-bond acceptors (Lipinski definition) is 3. The Hall–Kier alpha value is -1.81. The molecule has 20 heavy (non-hydrogen) atoms. The standard InChI is InChI=1S/C16H16BrNO2/c1-10-8-13(17)5-6-14(10)18-11(2)9-15(19)16-7-4-12(3)20-16/h4-9,18H,1-3H3/b11-9+. The molecule has 104 valence electrons. The predicted octanol–water partition coefficient (Wildman–Crippen LogP) is 4.86. The summed E-state index contributed by atoms with van der Waals surface area (Å²) in [6, 6.07) is 9.42. The van der Waals surface area contributed by atoms with Gasteiger partial charge in [-0.2, -0.15) is 0 Å². The second kappa shape index (κ2) is 6.09. The molecule has 1 N–H and O–H groups in total. The third kappa shape index (κ3) is 3.61. The molecule has 2 aromatic rings. The molecule has 0 bridgehead atoms. The lowest BCUT2D eigenvalue weighted by atomic mass is 10.2. The Morgan fingerprint density at radius 1 is 1.25 bits per heavy atom. The number of benzene rings is 1. The normalized spacial score (nSPS) is 11.5. The smallest absolute Gasteiger partial charge is 0.222 e. The molecule has 1 aromatic heterocycles. The summed E-state index contributed by atoms with van der Waals surface area (Å²) in [7, 11) is 0. The van der Waals surface area contributed by atoms with Crippen LogP contribution >= 0.6 is 15.9 Å². The molecule has 0 unspecified atom stereocenters. The molecule has 0 aliphatic carbocycles. The number of allylic oxidation sites excluding steroid dienone is 2. The van der Waals surface area contributed by atoms with E-state index in [4.69, 9.17) is 4.42 Å². The van der Waals surface area contributed by atoms with E-state index in [-0.39, 0.29) is 5.78 Å². The van der Waals surface area contributed by atoms with Gasteiger partial charge in [-0.05, 0) is 56.7 Å². The highest BCUT2D eigenvalue weighted by molar-refractivity contribution is 9.10. The zero-order valence-corrected chi connectivity index (χ0v) is 13.2. The first-order valence-corrected chi connectivity index (χ1v) is 7.07. The minimum atomic E-state index is -0.141. The quantitative estimate of drug-likeness (QED) is 0.641. The Balaban J connectivity index is 2.13. The minimum absolute atomic E-state index is 0.141. The fourth-order valence-electron chi connectivity index (χ4n) is 1.85. The molecule has 0 saturated carbocycles. The van der Waals surface area contributed by atoms with Gasteiger partial charge in [0.05, 0.1) is 0 Å². The number of anilines is 1. The molecule has 0 atom stereocenters. The van der Waals surface area contributed by atoms with Gasteiger partial charge in [-0.15, -0.1) is 0 Å². The number of carbonyl (C=O) groups is 1. The van der Waals surface area contributed by atoms with Crippen LogP contribution in [0.5, 0.6) is 0 Å². The number of rotatable bonds is 4. The number of halogens is 1. The van der Waals surface area contributed by atoms with Crippen LogP contribution in [0.2, 0.25) is 0 Å². The summed E-state index contributed by atoms with van der Waals surface area (Å²) in [6.07, 6.45) is 1.54. The second-order valence-corrected chi connectivity index (χ2v) is 5.60. The van der Waals surface area contributed by atoms with E-state index in [0.29, 0.717) is 5.76 Å². The summed E-state index contributed by atoms with van der Waals surface area (Å²) < 4.78 is 6.34. The SMILES string of the molecule is C/C(=C\C(=O)c1ccc(C)o1)Nc1ccc(Br)cc1C. The Morgan fingerprint density at radius 2 is 2.00 bits per heavy atom. The Labute approximate surface area is 126 Å². The number of carbonyl (C=O) groups excluding carboxylic acids is 1. The summed E-state index contributed by atoms with van der Waals surface area (Å²) in [5, 5.41) is 3.22. The molecule has 0 spiro atoms. The molecule has 0 fully saturated rings. The van der Waals surface area contributed by atoms with Crippen LogP contribution in [-0.2, 0) is 0 Å². The molecule has 0 aliphatic heterocycles. The first-order chi connectivity index (χ1) is 9.45. The van der Waals surface area contributed by atoms with Crippen molar-refractivity contribution in [2.75, 3.05) is 5.32 Å². The summed E-state index contributed by atoms with van der Waals surface area (Å²) in [5.74, 6) is 0.949. The van der Waals surface area contributed by atoms with E-state index in [0.717, 1.165) is 27.2 Å². The van der Waals surface area contributed by atoms with Gasteiger partial charge in [0, 0.05) is 21.9 Å². The lowest BCUT2D eigenvalue weighted by Gasteiger charge is -2.09. The van der Waals surface area contributed by atoms with Crippen LogP contribution in [0.4, 0.5) is 5.69 Å². The van der Waals surface area contributed by atoms with Crippen molar-refractivity contribution in [2.24, 2.45) is 0 Å². The number of nitrogens with one attached hydrogen (secondary N) is 1. The maximum absolute atomic E-state index is 12.0. The van der Waals surface area contributed by atoms with E-state index in [1.165, 1.54) is 0 Å². The van der Waals surface area contributed by atoms with Gasteiger partial charge in [0.1, 0.15) is 5.76 Å². The summed E-state index contributed by atoms with van der Waals surface area (Å²) in [6.45, 7) is 5.68. The lowest BCUT2D eigenvalue weighted by molar-refractivity contribution is 0.102. The molecule has 1 heterocycles. The van der Waals surface area contributed by atoms with Crippen LogP contribution in [0.1, 0.15) is 28.8 Å². The highest BCUT2D eigenvalue weighted by Crippen LogP contribution is 2.21. The molecule has 3 nitrogen and oxygen atoms in total. The highest BCUT2D eigenvalue weighted by atomic mass is 79.9. The van der Waals surface area contributed by atoms with Crippen LogP contribution in [0.15, 0.2) is 51.0 Å². The Morgan fingerprint density at radius 3 is 2.60 bits per heavy atom. The topological polar surface area (TPSA) is 42.2 Å². The van der Waals surface area contributed by atoms with Crippen molar-refractivity contribution in [3.05, 3.63) is 63.7 Å². The van der Waals surface area contributed by atoms with Crippen molar-refractivity contribution in [3.63, 3.8) is 0 Å². The second-order valence-electron chi connectivity index (χ2n) is 4.69. The van der Waals surface area contributed by atoms with Gasteiger partial charge in [0.2, 0.25) is 5.78 Å². The Bertz CT molecular complexity index is 671. The minimum Gasteiger partial charge on any atom is -0.458 e. The van der Waals surface area contributed by atoms with Gasteiger partial charge < -0.3 is 9.73 Å². The van der Waals surface area contributed by atoms with Crippen molar-refractivity contribution < 1.29 is 9.21 Å². The van der Waals surface area contributed by atoms with E-state index >= 15 is 0 Å². The fraction of sp³-hybridized carbons (Fsp3) is 0.188. The lowest BCUT2D eigenvalue weighted by Crippen LogP contribution is -2.01. The van der Waals surface area contributed by atoms with Gasteiger partial charge >= 0.3 is 0 Å². The summed E-state index contributed by atoms with van der Waals surface area (Å²) in [5.41, 5.74) is 2.85. The average molecular weight is 334 g/mol. The van der Waals surface area contributed by atoms with E-state index in [9.17, 15) is 4.79 Å². The van der Waals surface area contributed by atoms with E-state index < -0.39 is 0 Å². The predicted molar refractivity (Wildman–Crippen MR) is 84.0 cm³/mol. The van der Waals surface area contributed by atoms with Crippen molar-refractivity contribution in [1.29, 1.82) is 0 Å². The van der Waals surface area contributed by atoms with Crippen LogP contribution in [-0.4, -0.2) is 5.78 Å². The molecule has 1 aromatic carbocycles. The highest BCUT2D eigenvalue weighted by Gasteiger charge is 2.08. The molecule has 0 amide bonds. The maximum Gasteiger partial charge on any atom is 0.222 e. The number of furan rings is 1. The number of aryl methyl sites for hydroxylation is 2. The maximum atomic E-state index is 12.0. The largest absolute Gasteiger partial charge is 0.458 e. The molecular weight excluding hydrogens is 318 g/mol. The van der Waals surface area contributed by atoms with Crippen LogP contribution in [0, 0.1) is 13.8 Å². The van der Waals surface area contributed by atoms with E-state index in [2.05, 4.69) is 21.2 Å². The van der Waals surface area contributed by atoms with Crippen molar-refractivity contribution >= 4 is 27.4 Å². The van der Waals surface area contributed by atoms with Gasteiger partial charge in [-0.25, -0.2) is 0 Å². The number of ketones is 1. The van der Waals surface area contributed by atoms with Gasteiger partial charge in [0.15, 0.2) is 5.76 Å². The zero-order chi connectivity index (χ0) is 14.7. The molecule has 4 heteroatoms. The van der Waals surface area contributed by atoms with Crippen LogP contribution in [0.3, 0.4) is 0 Å². The van der Waals surface area contributed by atoms with E-state index in [1.54, 1.807) is 18.2 Å². The van der Waals surface area contributed by atoms with Crippen LogP contribution in [0.25, 0.3) is 0 Å². The molecule has 2 rings (SSSR count).